The van der Waals surface area contributed by atoms with Crippen LogP contribution >= 0.6 is 0 Å². The Morgan fingerprint density at radius 3 is 2.58 bits per heavy atom. The molecule has 2 aromatic carbocycles. The first-order valence-electron chi connectivity index (χ1n) is 10.1. The van der Waals surface area contributed by atoms with E-state index in [0.29, 0.717) is 36.7 Å². The highest BCUT2D eigenvalue weighted by atomic mass is 32.2. The molecular formula is C21H23F3N2O6S. The molecule has 180 valence electrons. The van der Waals surface area contributed by atoms with Gasteiger partial charge in [0.05, 0.1) is 18.1 Å². The molecule has 0 radical (unpaired) electrons. The number of hydrogen-bond donors (Lipinski definition) is 2. The van der Waals surface area contributed by atoms with Gasteiger partial charge in [-0.15, -0.1) is 0 Å². The average Bonchev–Trinajstić information content (AvgIpc) is 3.01. The summed E-state index contributed by atoms with van der Waals surface area (Å²) in [5, 5.41) is 2.58. The highest BCUT2D eigenvalue weighted by Gasteiger charge is 2.28. The topological polar surface area (TPSA) is 103 Å². The Bertz CT molecular complexity index is 1080. The largest absolute Gasteiger partial charge is 0.490 e. The van der Waals surface area contributed by atoms with E-state index in [2.05, 4.69) is 14.8 Å². The first-order chi connectivity index (χ1) is 15.6. The van der Waals surface area contributed by atoms with Crippen LogP contribution < -0.4 is 24.2 Å². The lowest BCUT2D eigenvalue weighted by Gasteiger charge is -2.12. The molecule has 33 heavy (non-hydrogen) atoms. The van der Waals surface area contributed by atoms with Crippen LogP contribution in [0.1, 0.15) is 18.4 Å². The third kappa shape index (κ3) is 7.82. The van der Waals surface area contributed by atoms with Gasteiger partial charge in [-0.3, -0.25) is 4.79 Å². The summed E-state index contributed by atoms with van der Waals surface area (Å²) < 4.78 is 79.8. The molecule has 1 heterocycles. The van der Waals surface area contributed by atoms with Gasteiger partial charge in [0.25, 0.3) is 0 Å². The monoisotopic (exact) mass is 488 g/mol. The van der Waals surface area contributed by atoms with Crippen molar-refractivity contribution < 1.29 is 40.6 Å². The summed E-state index contributed by atoms with van der Waals surface area (Å²) >= 11 is 0. The maximum absolute atomic E-state index is 12.5. The van der Waals surface area contributed by atoms with Gasteiger partial charge in [0.15, 0.2) is 18.1 Å². The van der Waals surface area contributed by atoms with E-state index in [0.717, 1.165) is 0 Å². The summed E-state index contributed by atoms with van der Waals surface area (Å²) in [4.78, 5) is 12.0. The molecule has 0 atom stereocenters. The average molecular weight is 488 g/mol. The second kappa shape index (κ2) is 10.8. The number of rotatable bonds is 9. The maximum Gasteiger partial charge on any atom is 0.422 e. The fourth-order valence-corrected chi connectivity index (χ4v) is 3.94. The van der Waals surface area contributed by atoms with E-state index in [4.69, 9.17) is 9.47 Å². The van der Waals surface area contributed by atoms with Gasteiger partial charge in [0.1, 0.15) is 5.75 Å². The molecule has 1 aliphatic rings. The molecule has 0 bridgehead atoms. The third-order valence-corrected chi connectivity index (χ3v) is 5.92. The third-order valence-electron chi connectivity index (χ3n) is 4.46. The number of halogens is 3. The number of benzene rings is 2. The zero-order valence-corrected chi connectivity index (χ0v) is 18.3. The van der Waals surface area contributed by atoms with Gasteiger partial charge >= 0.3 is 6.18 Å². The van der Waals surface area contributed by atoms with Crippen molar-refractivity contribution in [2.45, 2.75) is 30.5 Å². The van der Waals surface area contributed by atoms with Crippen molar-refractivity contribution >= 4 is 15.9 Å². The minimum Gasteiger partial charge on any atom is -0.490 e. The number of carbonyl (C=O) groups excluding carboxylic acids is 1. The van der Waals surface area contributed by atoms with E-state index in [9.17, 15) is 26.4 Å². The van der Waals surface area contributed by atoms with Crippen molar-refractivity contribution in [3.05, 3.63) is 48.0 Å². The minimum atomic E-state index is -4.45. The number of hydrogen-bond acceptors (Lipinski definition) is 6. The van der Waals surface area contributed by atoms with Crippen molar-refractivity contribution in [1.82, 2.24) is 10.0 Å². The van der Waals surface area contributed by atoms with Crippen LogP contribution in [0.4, 0.5) is 13.2 Å². The molecule has 3 rings (SSSR count). The number of sulfonamides is 1. The SMILES string of the molecule is O=C(CCNS(=O)(=O)c1ccc2c(c1)OCCCO2)NCc1cccc(OCC(F)(F)F)c1. The first-order valence-corrected chi connectivity index (χ1v) is 11.6. The van der Waals surface area contributed by atoms with Gasteiger partial charge in [-0.25, -0.2) is 13.1 Å². The number of ether oxygens (including phenoxy) is 3. The van der Waals surface area contributed by atoms with Crippen LogP contribution in [0.25, 0.3) is 0 Å². The molecule has 0 fully saturated rings. The fourth-order valence-electron chi connectivity index (χ4n) is 2.89. The van der Waals surface area contributed by atoms with Crippen LogP contribution in [0.15, 0.2) is 47.4 Å². The molecule has 1 amide bonds. The Kier molecular flexibility index (Phi) is 8.03. The smallest absolute Gasteiger partial charge is 0.422 e. The van der Waals surface area contributed by atoms with Crippen molar-refractivity contribution in [3.63, 3.8) is 0 Å². The molecule has 1 aliphatic heterocycles. The van der Waals surface area contributed by atoms with Gasteiger partial charge in [0.2, 0.25) is 15.9 Å². The van der Waals surface area contributed by atoms with E-state index >= 15 is 0 Å². The Morgan fingerprint density at radius 2 is 1.82 bits per heavy atom. The first kappa shape index (κ1) is 24.6. The summed E-state index contributed by atoms with van der Waals surface area (Å²) in [6, 6.07) is 10.2. The van der Waals surface area contributed by atoms with Crippen molar-refractivity contribution in [2.75, 3.05) is 26.4 Å². The summed E-state index contributed by atoms with van der Waals surface area (Å²) in [7, 11) is -3.87. The number of nitrogens with one attached hydrogen (secondary N) is 2. The molecule has 2 N–H and O–H groups in total. The molecule has 8 nitrogen and oxygen atoms in total. The normalized spacial score (nSPS) is 13.8. The Labute approximate surface area is 189 Å². The summed E-state index contributed by atoms with van der Waals surface area (Å²) in [6.45, 7) is -0.598. The number of amides is 1. The van der Waals surface area contributed by atoms with E-state index < -0.39 is 28.7 Å². The van der Waals surface area contributed by atoms with Crippen LogP contribution in [-0.2, 0) is 21.4 Å². The van der Waals surface area contributed by atoms with Gasteiger partial charge in [-0.1, -0.05) is 12.1 Å². The fraction of sp³-hybridized carbons (Fsp3) is 0.381. The van der Waals surface area contributed by atoms with Crippen LogP contribution in [0.5, 0.6) is 17.2 Å². The molecular weight excluding hydrogens is 465 g/mol. The minimum absolute atomic E-state index is 0.0113. The lowest BCUT2D eigenvalue weighted by molar-refractivity contribution is -0.153. The number of alkyl halides is 3. The summed E-state index contributed by atoms with van der Waals surface area (Å²) in [6.07, 6.45) is -3.89. The molecule has 0 aliphatic carbocycles. The molecule has 0 saturated heterocycles. The molecule has 2 aromatic rings. The Balaban J connectivity index is 1.46. The highest BCUT2D eigenvalue weighted by Crippen LogP contribution is 2.31. The molecule has 0 unspecified atom stereocenters. The van der Waals surface area contributed by atoms with Crippen LogP contribution in [0.2, 0.25) is 0 Å². The van der Waals surface area contributed by atoms with E-state index in [1.54, 1.807) is 6.07 Å². The van der Waals surface area contributed by atoms with E-state index in [1.807, 2.05) is 0 Å². The van der Waals surface area contributed by atoms with Crippen molar-refractivity contribution in [1.29, 1.82) is 0 Å². The standard InChI is InChI=1S/C21H23F3N2O6S/c22-21(23,24)14-32-16-4-1-3-15(11-16)13-25-20(27)7-8-26-33(28,29)17-5-6-18-19(12-17)31-10-2-9-30-18/h1,3-6,11-12,26H,2,7-10,13-14H2,(H,25,27). The van der Waals surface area contributed by atoms with Gasteiger partial charge in [0, 0.05) is 32.0 Å². The lowest BCUT2D eigenvalue weighted by atomic mass is 10.2. The van der Waals surface area contributed by atoms with E-state index in [-0.39, 0.29) is 30.2 Å². The van der Waals surface area contributed by atoms with E-state index in [1.165, 1.54) is 36.4 Å². The van der Waals surface area contributed by atoms with Gasteiger partial charge in [-0.05, 0) is 29.8 Å². The highest BCUT2D eigenvalue weighted by molar-refractivity contribution is 7.89. The van der Waals surface area contributed by atoms with Crippen LogP contribution in [-0.4, -0.2) is 46.9 Å². The van der Waals surface area contributed by atoms with Gasteiger partial charge in [-0.2, -0.15) is 13.2 Å². The molecule has 0 saturated carbocycles. The van der Waals surface area contributed by atoms with Gasteiger partial charge < -0.3 is 19.5 Å². The maximum atomic E-state index is 12.5. The van der Waals surface area contributed by atoms with Crippen LogP contribution in [0.3, 0.4) is 0 Å². The summed E-state index contributed by atoms with van der Waals surface area (Å²) in [5.41, 5.74) is 0.538. The molecule has 0 spiro atoms. The lowest BCUT2D eigenvalue weighted by Crippen LogP contribution is -2.30. The second-order valence-corrected chi connectivity index (χ2v) is 8.90. The van der Waals surface area contributed by atoms with Crippen LogP contribution in [0, 0.1) is 0 Å². The number of carbonyl (C=O) groups is 1. The Hall–Kier alpha value is -2.99. The Morgan fingerprint density at radius 1 is 1.06 bits per heavy atom. The number of fused-ring (bicyclic) bond motifs is 1. The predicted octanol–water partition coefficient (Wildman–Crippen LogP) is 2.77. The molecule has 12 heteroatoms. The van der Waals surface area contributed by atoms with Crippen molar-refractivity contribution in [2.24, 2.45) is 0 Å². The van der Waals surface area contributed by atoms with Crippen molar-refractivity contribution in [3.8, 4) is 17.2 Å². The zero-order chi connectivity index (χ0) is 23.9. The quantitative estimate of drug-likeness (QED) is 0.563. The molecule has 0 aromatic heterocycles. The predicted molar refractivity (Wildman–Crippen MR) is 112 cm³/mol. The summed E-state index contributed by atoms with van der Waals surface area (Å²) in [5.74, 6) is 0.410. The second-order valence-electron chi connectivity index (χ2n) is 7.13. The zero-order valence-electron chi connectivity index (χ0n) is 17.5.